The van der Waals surface area contributed by atoms with Crippen LogP contribution in [0.2, 0.25) is 0 Å². The maximum absolute atomic E-state index is 12.5. The summed E-state index contributed by atoms with van der Waals surface area (Å²) in [5, 5.41) is 17.8. The molecule has 0 saturated carbocycles. The van der Waals surface area contributed by atoms with Crippen LogP contribution in [0.15, 0.2) is 0 Å². The molecule has 0 radical (unpaired) electrons. The highest BCUT2D eigenvalue weighted by Crippen LogP contribution is 2.28. The Balaban J connectivity index is 2.62. The van der Waals surface area contributed by atoms with Gasteiger partial charge >= 0.3 is 0 Å². The lowest BCUT2D eigenvalue weighted by Gasteiger charge is -2.20. The van der Waals surface area contributed by atoms with Gasteiger partial charge in [-0.15, -0.1) is 0 Å². The largest absolute Gasteiger partial charge is 0.388 e. The lowest BCUT2D eigenvalue weighted by molar-refractivity contribution is -0.133. The standard InChI is InChI=1S/C6H10F2O3/c1-6(7,8)5-4(10)3(9)2-11-5/h3-5,9-10H,2H2,1H3. The molecule has 2 N–H and O–H groups in total. The second-order valence-electron chi connectivity index (χ2n) is 2.77. The third-order valence-corrected chi connectivity index (χ3v) is 1.65. The van der Waals surface area contributed by atoms with Gasteiger partial charge in [0.05, 0.1) is 6.61 Å². The highest BCUT2D eigenvalue weighted by Gasteiger charge is 2.47. The second kappa shape index (κ2) is 2.66. The molecule has 1 fully saturated rings. The average molecular weight is 168 g/mol. The zero-order chi connectivity index (χ0) is 8.65. The summed E-state index contributed by atoms with van der Waals surface area (Å²) in [6.07, 6.45) is -4.24. The van der Waals surface area contributed by atoms with Crippen LogP contribution >= 0.6 is 0 Å². The quantitative estimate of drug-likeness (QED) is 0.568. The number of alkyl halides is 2. The summed E-state index contributed by atoms with van der Waals surface area (Å²) in [4.78, 5) is 0. The summed E-state index contributed by atoms with van der Waals surface area (Å²) < 4.78 is 29.4. The minimum Gasteiger partial charge on any atom is -0.388 e. The summed E-state index contributed by atoms with van der Waals surface area (Å²) in [6, 6.07) is 0. The molecular formula is C6H10F2O3. The monoisotopic (exact) mass is 168 g/mol. The smallest absolute Gasteiger partial charge is 0.273 e. The van der Waals surface area contributed by atoms with Crippen molar-refractivity contribution in [1.29, 1.82) is 0 Å². The van der Waals surface area contributed by atoms with Crippen molar-refractivity contribution in [1.82, 2.24) is 0 Å². The number of ether oxygens (including phenoxy) is 1. The van der Waals surface area contributed by atoms with E-state index in [1.165, 1.54) is 0 Å². The van der Waals surface area contributed by atoms with Crippen molar-refractivity contribution in [3.05, 3.63) is 0 Å². The van der Waals surface area contributed by atoms with Crippen LogP contribution in [0.25, 0.3) is 0 Å². The van der Waals surface area contributed by atoms with Crippen LogP contribution < -0.4 is 0 Å². The molecular weight excluding hydrogens is 158 g/mol. The molecule has 1 aliphatic heterocycles. The first-order valence-electron chi connectivity index (χ1n) is 3.28. The molecule has 3 atom stereocenters. The van der Waals surface area contributed by atoms with E-state index in [1.807, 2.05) is 0 Å². The van der Waals surface area contributed by atoms with Crippen molar-refractivity contribution < 1.29 is 23.7 Å². The third-order valence-electron chi connectivity index (χ3n) is 1.65. The van der Waals surface area contributed by atoms with E-state index in [1.54, 1.807) is 0 Å². The number of hydrogen-bond acceptors (Lipinski definition) is 3. The van der Waals surface area contributed by atoms with Crippen LogP contribution in [0.1, 0.15) is 6.92 Å². The summed E-state index contributed by atoms with van der Waals surface area (Å²) in [7, 11) is 0. The lowest BCUT2D eigenvalue weighted by atomic mass is 10.1. The van der Waals surface area contributed by atoms with Crippen LogP contribution in [0.4, 0.5) is 8.78 Å². The highest BCUT2D eigenvalue weighted by molar-refractivity contribution is 4.90. The van der Waals surface area contributed by atoms with Gasteiger partial charge in [0.25, 0.3) is 5.92 Å². The maximum atomic E-state index is 12.5. The molecule has 5 heteroatoms. The van der Waals surface area contributed by atoms with E-state index in [0.717, 1.165) is 0 Å². The van der Waals surface area contributed by atoms with Crippen molar-refractivity contribution in [2.24, 2.45) is 0 Å². The Bertz CT molecular complexity index is 145. The average Bonchev–Trinajstić information content (AvgIpc) is 2.11. The molecule has 0 bridgehead atoms. The zero-order valence-electron chi connectivity index (χ0n) is 6.00. The first-order valence-corrected chi connectivity index (χ1v) is 3.28. The number of aliphatic hydroxyl groups excluding tert-OH is 2. The van der Waals surface area contributed by atoms with E-state index < -0.39 is 24.2 Å². The van der Waals surface area contributed by atoms with Crippen molar-refractivity contribution in [2.45, 2.75) is 31.2 Å². The predicted molar refractivity (Wildman–Crippen MR) is 32.4 cm³/mol. The SMILES string of the molecule is CC(F)(F)C1OCC(O)C1O. The minimum atomic E-state index is -3.10. The van der Waals surface area contributed by atoms with Crippen molar-refractivity contribution in [2.75, 3.05) is 6.61 Å². The Labute approximate surface area is 62.6 Å². The van der Waals surface area contributed by atoms with E-state index in [-0.39, 0.29) is 6.61 Å². The van der Waals surface area contributed by atoms with Crippen LogP contribution in [-0.4, -0.2) is 41.1 Å². The summed E-state index contributed by atoms with van der Waals surface area (Å²) in [5.41, 5.74) is 0. The highest BCUT2D eigenvalue weighted by atomic mass is 19.3. The summed E-state index contributed by atoms with van der Waals surface area (Å²) >= 11 is 0. The minimum absolute atomic E-state index is 0.227. The first kappa shape index (κ1) is 8.83. The van der Waals surface area contributed by atoms with Crippen molar-refractivity contribution >= 4 is 0 Å². The van der Waals surface area contributed by atoms with Gasteiger partial charge in [0.2, 0.25) is 0 Å². The molecule has 3 unspecified atom stereocenters. The number of hydrogen-bond donors (Lipinski definition) is 2. The van der Waals surface area contributed by atoms with Gasteiger partial charge in [0.1, 0.15) is 18.3 Å². The van der Waals surface area contributed by atoms with E-state index in [9.17, 15) is 8.78 Å². The Morgan fingerprint density at radius 1 is 1.45 bits per heavy atom. The van der Waals surface area contributed by atoms with Gasteiger partial charge in [-0.05, 0) is 0 Å². The zero-order valence-corrected chi connectivity index (χ0v) is 6.00. The van der Waals surface area contributed by atoms with E-state index in [2.05, 4.69) is 4.74 Å². The lowest BCUT2D eigenvalue weighted by Crippen LogP contribution is -2.41. The van der Waals surface area contributed by atoms with Crippen molar-refractivity contribution in [3.8, 4) is 0 Å². The second-order valence-corrected chi connectivity index (χ2v) is 2.77. The Kier molecular flexibility index (Phi) is 2.13. The Hall–Kier alpha value is -0.260. The molecule has 1 rings (SSSR count). The normalized spacial score (nSPS) is 39.5. The molecule has 0 aliphatic carbocycles. The topological polar surface area (TPSA) is 49.7 Å². The van der Waals surface area contributed by atoms with E-state index in [4.69, 9.17) is 10.2 Å². The van der Waals surface area contributed by atoms with Crippen LogP contribution in [-0.2, 0) is 4.74 Å². The molecule has 0 spiro atoms. The number of halogens is 2. The van der Waals surface area contributed by atoms with E-state index in [0.29, 0.717) is 6.92 Å². The fourth-order valence-electron chi connectivity index (χ4n) is 1.05. The molecule has 1 aliphatic rings. The molecule has 1 heterocycles. The van der Waals surface area contributed by atoms with Gasteiger partial charge in [-0.1, -0.05) is 0 Å². The molecule has 0 aromatic carbocycles. The Morgan fingerprint density at radius 3 is 2.18 bits per heavy atom. The van der Waals surface area contributed by atoms with Crippen molar-refractivity contribution in [3.63, 3.8) is 0 Å². The number of rotatable bonds is 1. The van der Waals surface area contributed by atoms with Gasteiger partial charge in [0.15, 0.2) is 0 Å². The van der Waals surface area contributed by atoms with Crippen LogP contribution in [0, 0.1) is 0 Å². The summed E-state index contributed by atoms with van der Waals surface area (Å²) in [5.74, 6) is -3.10. The van der Waals surface area contributed by atoms with Crippen LogP contribution in [0.5, 0.6) is 0 Å². The van der Waals surface area contributed by atoms with Crippen LogP contribution in [0.3, 0.4) is 0 Å². The van der Waals surface area contributed by atoms with Gasteiger partial charge in [-0.3, -0.25) is 0 Å². The first-order chi connectivity index (χ1) is 4.93. The van der Waals surface area contributed by atoms with Gasteiger partial charge in [-0.25, -0.2) is 8.78 Å². The molecule has 11 heavy (non-hydrogen) atoms. The molecule has 0 aromatic heterocycles. The molecule has 0 amide bonds. The molecule has 3 nitrogen and oxygen atoms in total. The fraction of sp³-hybridized carbons (Fsp3) is 1.00. The Morgan fingerprint density at radius 2 is 2.00 bits per heavy atom. The third kappa shape index (κ3) is 1.66. The fourth-order valence-corrected chi connectivity index (χ4v) is 1.05. The van der Waals surface area contributed by atoms with Gasteiger partial charge in [0, 0.05) is 6.92 Å². The predicted octanol–water partition coefficient (Wildman–Crippen LogP) is -0.238. The van der Waals surface area contributed by atoms with Gasteiger partial charge < -0.3 is 14.9 Å². The molecule has 0 aromatic rings. The summed E-state index contributed by atoms with van der Waals surface area (Å²) in [6.45, 7) is 0.425. The van der Waals surface area contributed by atoms with Gasteiger partial charge in [-0.2, -0.15) is 0 Å². The van der Waals surface area contributed by atoms with E-state index >= 15 is 0 Å². The maximum Gasteiger partial charge on any atom is 0.273 e. The molecule has 1 saturated heterocycles. The molecule has 66 valence electrons. The number of aliphatic hydroxyl groups is 2.